The molecule has 246 valence electrons. The van der Waals surface area contributed by atoms with Crippen LogP contribution in [0.3, 0.4) is 0 Å². The first-order valence-corrected chi connectivity index (χ1v) is 14.5. The summed E-state index contributed by atoms with van der Waals surface area (Å²) in [5, 5.41) is 26.1. The Morgan fingerprint density at radius 1 is 1.00 bits per heavy atom. The smallest absolute Gasteiger partial charge is 0.475 e. The van der Waals surface area contributed by atoms with Crippen LogP contribution in [0.1, 0.15) is 64.7 Å². The van der Waals surface area contributed by atoms with Crippen LogP contribution in [0.5, 0.6) is 0 Å². The first-order valence-electron chi connectivity index (χ1n) is 13.7. The van der Waals surface area contributed by atoms with Crippen LogP contribution in [-0.2, 0) is 29.2 Å². The number of alkyl halides is 6. The Hall–Kier alpha value is -3.25. The van der Waals surface area contributed by atoms with Gasteiger partial charge in [0.2, 0.25) is 5.82 Å². The Morgan fingerprint density at radius 3 is 2.11 bits per heavy atom. The minimum Gasteiger partial charge on any atom is -0.475 e. The van der Waals surface area contributed by atoms with Crippen molar-refractivity contribution in [3.05, 3.63) is 33.5 Å². The highest BCUT2D eigenvalue weighted by molar-refractivity contribution is 7.11. The number of aliphatic carboxylic acids is 2. The Kier molecular flexibility index (Phi) is 11.4. The zero-order valence-corrected chi connectivity index (χ0v) is 24.9. The number of carboxylic acids is 2. The van der Waals surface area contributed by atoms with Crippen molar-refractivity contribution in [1.29, 1.82) is 0 Å². The molecule has 2 fully saturated rings. The molecule has 1 saturated carbocycles. The molecular formula is C26H34F6N6O5S. The Morgan fingerprint density at radius 2 is 1.59 bits per heavy atom. The van der Waals surface area contributed by atoms with Crippen LogP contribution < -0.4 is 5.32 Å². The summed E-state index contributed by atoms with van der Waals surface area (Å²) >= 11 is 1.89. The summed E-state index contributed by atoms with van der Waals surface area (Å²) < 4.78 is 65.6. The largest absolute Gasteiger partial charge is 0.490 e. The highest BCUT2D eigenvalue weighted by Gasteiger charge is 2.46. The van der Waals surface area contributed by atoms with E-state index in [4.69, 9.17) is 19.8 Å². The van der Waals surface area contributed by atoms with Gasteiger partial charge in [-0.25, -0.2) is 9.59 Å². The fourth-order valence-electron chi connectivity index (χ4n) is 5.38. The van der Waals surface area contributed by atoms with Gasteiger partial charge in [-0.2, -0.15) is 26.3 Å². The van der Waals surface area contributed by atoms with Crippen molar-refractivity contribution >= 4 is 29.2 Å². The molecule has 1 atom stereocenters. The monoisotopic (exact) mass is 656 g/mol. The van der Waals surface area contributed by atoms with E-state index >= 15 is 0 Å². The van der Waals surface area contributed by atoms with Crippen molar-refractivity contribution in [3.8, 4) is 0 Å². The van der Waals surface area contributed by atoms with Gasteiger partial charge in [0.25, 0.3) is 5.91 Å². The van der Waals surface area contributed by atoms with E-state index in [1.54, 1.807) is 0 Å². The summed E-state index contributed by atoms with van der Waals surface area (Å²) in [6.07, 6.45) is -3.21. The van der Waals surface area contributed by atoms with Gasteiger partial charge in [0.1, 0.15) is 5.82 Å². The van der Waals surface area contributed by atoms with Gasteiger partial charge in [-0.05, 0) is 45.4 Å². The molecule has 1 amide bonds. The lowest BCUT2D eigenvalue weighted by Crippen LogP contribution is -2.55. The van der Waals surface area contributed by atoms with Crippen molar-refractivity contribution < 1.29 is 50.9 Å². The summed E-state index contributed by atoms with van der Waals surface area (Å²) in [6.45, 7) is 6.82. The summed E-state index contributed by atoms with van der Waals surface area (Å²) in [5.74, 6) is -4.16. The normalized spacial score (nSPS) is 21.1. The molecule has 0 aromatic carbocycles. The number of hydrogen-bond donors (Lipinski definition) is 3. The number of nitrogens with zero attached hydrogens (tertiary/aromatic N) is 5. The number of halogens is 6. The van der Waals surface area contributed by atoms with Crippen molar-refractivity contribution in [1.82, 2.24) is 29.9 Å². The predicted molar refractivity (Wildman–Crippen MR) is 145 cm³/mol. The molecule has 2 aromatic rings. The lowest BCUT2D eigenvalue weighted by Gasteiger charge is -2.42. The number of carboxylic acid groups (broad SMARTS) is 2. The first-order chi connectivity index (χ1) is 20.4. The predicted octanol–water partition coefficient (Wildman–Crippen LogP) is 4.07. The molecular weight excluding hydrogens is 622 g/mol. The number of fused-ring (bicyclic) bond motifs is 1. The number of nitrogens with one attached hydrogen (secondary N) is 1. The third kappa shape index (κ3) is 9.37. The van der Waals surface area contributed by atoms with Gasteiger partial charge >= 0.3 is 24.3 Å². The fraction of sp³-hybridized carbons (Fsp3) is 0.654. The molecule has 18 heteroatoms. The Balaban J connectivity index is 0.000000317. The number of rotatable bonds is 4. The van der Waals surface area contributed by atoms with Gasteiger partial charge in [-0.3, -0.25) is 14.6 Å². The second kappa shape index (κ2) is 14.2. The SMILES string of the molecule is Cc1ccc(CN2CCC3(C2)Cn2c(nnc2C(=O)NC2CCCCC2)CN3C)s1.O=C(O)C(F)(F)F.O=C(O)C(F)(F)F. The average Bonchev–Trinajstić information content (AvgIpc) is 3.64. The van der Waals surface area contributed by atoms with Crippen LogP contribution in [0.15, 0.2) is 12.1 Å². The maximum atomic E-state index is 13.0. The minimum absolute atomic E-state index is 0.0432. The number of aryl methyl sites for hydroxylation is 1. The van der Waals surface area contributed by atoms with E-state index in [0.717, 1.165) is 57.8 Å². The van der Waals surface area contributed by atoms with Gasteiger partial charge in [0.05, 0.1) is 12.1 Å². The standard InChI is InChI=1S/C22H32N6OS.2C2HF3O2/c1-16-8-9-18(30-16)12-27-11-10-22(14-27)15-28-19(13-26(22)2)24-25-20(28)21(29)23-17-6-4-3-5-7-17;2*3-2(4,5)1(6)7/h8-9,17H,3-7,10-15H2,1-2H3,(H,23,29);2*(H,6,7). The number of likely N-dealkylation sites (tertiary alicyclic amines) is 1. The maximum Gasteiger partial charge on any atom is 0.490 e. The van der Waals surface area contributed by atoms with E-state index in [1.165, 1.54) is 29.0 Å². The third-order valence-corrected chi connectivity index (χ3v) is 8.67. The van der Waals surface area contributed by atoms with Crippen molar-refractivity contribution in [2.45, 2.75) is 89.0 Å². The maximum absolute atomic E-state index is 13.0. The third-order valence-electron chi connectivity index (χ3n) is 7.68. The second-order valence-electron chi connectivity index (χ2n) is 11.0. The highest BCUT2D eigenvalue weighted by Crippen LogP contribution is 2.35. The van der Waals surface area contributed by atoms with Crippen LogP contribution in [0.4, 0.5) is 26.3 Å². The number of carbonyl (C=O) groups excluding carboxylic acids is 1. The molecule has 0 radical (unpaired) electrons. The summed E-state index contributed by atoms with van der Waals surface area (Å²) in [6, 6.07) is 4.75. The zero-order chi connectivity index (χ0) is 32.9. The van der Waals surface area contributed by atoms with Gasteiger partial charge in [-0.1, -0.05) is 19.3 Å². The molecule has 2 aromatic heterocycles. The lowest BCUT2D eigenvalue weighted by atomic mass is 9.94. The van der Waals surface area contributed by atoms with Crippen molar-refractivity contribution in [3.63, 3.8) is 0 Å². The van der Waals surface area contributed by atoms with Crippen LogP contribution >= 0.6 is 11.3 Å². The zero-order valence-electron chi connectivity index (χ0n) is 24.0. The molecule has 1 aliphatic carbocycles. The Labute approximate surface area is 252 Å². The molecule has 0 bridgehead atoms. The van der Waals surface area contributed by atoms with Crippen LogP contribution in [0.25, 0.3) is 0 Å². The number of likely N-dealkylation sites (N-methyl/N-ethyl adjacent to an activating group) is 1. The number of hydrogen-bond acceptors (Lipinski definition) is 8. The van der Waals surface area contributed by atoms with E-state index in [9.17, 15) is 31.1 Å². The van der Waals surface area contributed by atoms with E-state index in [-0.39, 0.29) is 17.5 Å². The molecule has 2 aliphatic heterocycles. The van der Waals surface area contributed by atoms with Crippen molar-refractivity contribution in [2.24, 2.45) is 0 Å². The van der Waals surface area contributed by atoms with E-state index in [0.29, 0.717) is 5.82 Å². The second-order valence-corrected chi connectivity index (χ2v) is 12.4. The molecule has 4 heterocycles. The van der Waals surface area contributed by atoms with Gasteiger partial charge in [0, 0.05) is 42.0 Å². The first kappa shape index (κ1) is 35.2. The van der Waals surface area contributed by atoms with E-state index < -0.39 is 24.3 Å². The minimum atomic E-state index is -5.08. The molecule has 1 unspecified atom stereocenters. The summed E-state index contributed by atoms with van der Waals surface area (Å²) in [5.41, 5.74) is 0.0432. The summed E-state index contributed by atoms with van der Waals surface area (Å²) in [7, 11) is 2.19. The van der Waals surface area contributed by atoms with E-state index in [2.05, 4.69) is 56.0 Å². The molecule has 3 N–H and O–H groups in total. The average molecular weight is 657 g/mol. The lowest BCUT2D eigenvalue weighted by molar-refractivity contribution is -0.193. The Bertz CT molecular complexity index is 1290. The van der Waals surface area contributed by atoms with Crippen LogP contribution in [0, 0.1) is 6.92 Å². The molecule has 3 aliphatic rings. The molecule has 1 saturated heterocycles. The van der Waals surface area contributed by atoms with E-state index in [1.807, 2.05) is 11.3 Å². The number of aromatic nitrogens is 3. The van der Waals surface area contributed by atoms with Gasteiger partial charge < -0.3 is 20.1 Å². The number of amides is 1. The van der Waals surface area contributed by atoms with Crippen LogP contribution in [-0.4, -0.2) is 96.7 Å². The molecule has 1 spiro atoms. The number of carbonyl (C=O) groups is 3. The molecule has 44 heavy (non-hydrogen) atoms. The van der Waals surface area contributed by atoms with Crippen LogP contribution in [0.2, 0.25) is 0 Å². The van der Waals surface area contributed by atoms with Crippen molar-refractivity contribution in [2.75, 3.05) is 20.1 Å². The molecule has 5 rings (SSSR count). The molecule has 11 nitrogen and oxygen atoms in total. The number of thiophene rings is 1. The topological polar surface area (TPSA) is 141 Å². The van der Waals surface area contributed by atoms with Gasteiger partial charge in [-0.15, -0.1) is 21.5 Å². The summed E-state index contributed by atoms with van der Waals surface area (Å²) in [4.78, 5) is 38.6. The van der Waals surface area contributed by atoms with Gasteiger partial charge in [0.15, 0.2) is 0 Å². The fourth-order valence-corrected chi connectivity index (χ4v) is 6.32. The quantitative estimate of drug-likeness (QED) is 0.416. The highest BCUT2D eigenvalue weighted by atomic mass is 32.1.